The number of allylic oxidation sites excluding steroid dienone is 1. The van der Waals surface area contributed by atoms with E-state index in [4.69, 9.17) is 0 Å². The quantitative estimate of drug-likeness (QED) is 0.271. The SMILES string of the molecule is CCCCC/C=C/[C@H]1CCCN1S(=O)(=O)C(F)(F)C(F)(F)C(F)(F)C(F)(F)F. The highest BCUT2D eigenvalue weighted by molar-refractivity contribution is 7.90. The van der Waals surface area contributed by atoms with Crippen LogP contribution in [0.4, 0.5) is 39.5 Å². The molecule has 0 aromatic carbocycles. The van der Waals surface area contributed by atoms with E-state index in [0.717, 1.165) is 18.9 Å². The normalized spacial score (nSPS) is 21.0. The van der Waals surface area contributed by atoms with Crippen molar-refractivity contribution in [1.29, 1.82) is 0 Å². The van der Waals surface area contributed by atoms with Gasteiger partial charge in [-0.1, -0.05) is 31.9 Å². The number of unbranched alkanes of at least 4 members (excludes halogenated alkanes) is 3. The molecule has 13 heteroatoms. The van der Waals surface area contributed by atoms with Gasteiger partial charge in [0.1, 0.15) is 0 Å². The number of rotatable bonds is 9. The highest BCUT2D eigenvalue weighted by Crippen LogP contribution is 2.55. The molecule has 0 aromatic heterocycles. The first kappa shape index (κ1) is 25.1. The maximum Gasteiger partial charge on any atom is 0.460 e. The van der Waals surface area contributed by atoms with E-state index in [1.54, 1.807) is 0 Å². The Morgan fingerprint density at radius 2 is 1.54 bits per heavy atom. The van der Waals surface area contributed by atoms with Crippen LogP contribution in [0.5, 0.6) is 0 Å². The van der Waals surface area contributed by atoms with Gasteiger partial charge in [-0.2, -0.15) is 43.8 Å². The molecule has 1 atom stereocenters. The van der Waals surface area contributed by atoms with Crippen LogP contribution < -0.4 is 0 Å². The van der Waals surface area contributed by atoms with E-state index in [2.05, 4.69) is 0 Å². The standard InChI is InChI=1S/C15H20F9NO2S/c1-2-3-4-5-6-8-11-9-7-10-25(11)28(26,27)15(23,24)13(18,19)12(16,17)14(20,21)22/h6,8,11H,2-5,7,9-10H2,1H3/b8-6+/t11-/m0/s1. The minimum absolute atomic E-state index is 0.0412. The Bertz CT molecular complexity index is 659. The van der Waals surface area contributed by atoms with Crippen LogP contribution in [0.1, 0.15) is 45.4 Å². The van der Waals surface area contributed by atoms with Gasteiger partial charge in [-0.25, -0.2) is 8.42 Å². The molecular formula is C15H20F9NO2S. The molecule has 1 aliphatic rings. The Labute approximate surface area is 156 Å². The van der Waals surface area contributed by atoms with Crippen LogP contribution in [0.15, 0.2) is 12.2 Å². The third-order valence-corrected chi connectivity index (χ3v) is 6.30. The fraction of sp³-hybridized carbons (Fsp3) is 0.867. The molecule has 28 heavy (non-hydrogen) atoms. The Kier molecular flexibility index (Phi) is 7.52. The van der Waals surface area contributed by atoms with Gasteiger partial charge in [-0.05, 0) is 25.7 Å². The van der Waals surface area contributed by atoms with Crippen molar-refractivity contribution in [3.05, 3.63) is 12.2 Å². The van der Waals surface area contributed by atoms with E-state index in [0.29, 0.717) is 12.8 Å². The van der Waals surface area contributed by atoms with E-state index in [1.165, 1.54) is 6.08 Å². The zero-order chi connectivity index (χ0) is 22.0. The molecule has 0 aliphatic carbocycles. The number of nitrogens with zero attached hydrogens (tertiary/aromatic N) is 1. The minimum atomic E-state index is -7.25. The summed E-state index contributed by atoms with van der Waals surface area (Å²) < 4.78 is 141. The second kappa shape index (κ2) is 8.41. The van der Waals surface area contributed by atoms with Gasteiger partial charge in [0.05, 0.1) is 0 Å². The summed E-state index contributed by atoms with van der Waals surface area (Å²) in [6.07, 6.45) is -1.73. The number of sulfonamides is 1. The Balaban J connectivity index is 3.18. The van der Waals surface area contributed by atoms with Gasteiger partial charge in [0.25, 0.3) is 10.0 Å². The van der Waals surface area contributed by atoms with Gasteiger partial charge in [-0.15, -0.1) is 0 Å². The van der Waals surface area contributed by atoms with Crippen LogP contribution in [0.3, 0.4) is 0 Å². The van der Waals surface area contributed by atoms with Crippen molar-refractivity contribution >= 4 is 10.0 Å². The summed E-state index contributed by atoms with van der Waals surface area (Å²) in [7, 11) is -6.52. The number of alkyl halides is 9. The third kappa shape index (κ3) is 4.29. The predicted octanol–water partition coefficient (Wildman–Crippen LogP) is 5.34. The first-order valence-electron chi connectivity index (χ1n) is 8.44. The van der Waals surface area contributed by atoms with Gasteiger partial charge in [0.2, 0.25) is 0 Å². The van der Waals surface area contributed by atoms with Crippen LogP contribution in [0.25, 0.3) is 0 Å². The maximum absolute atomic E-state index is 13.9. The second-order valence-corrected chi connectivity index (χ2v) is 8.34. The average Bonchev–Trinajstić information content (AvgIpc) is 3.02. The molecule has 166 valence electrons. The topological polar surface area (TPSA) is 37.4 Å². The maximum atomic E-state index is 13.9. The lowest BCUT2D eigenvalue weighted by molar-refractivity contribution is -0.382. The van der Waals surface area contributed by atoms with Crippen molar-refractivity contribution in [3.63, 3.8) is 0 Å². The number of halogens is 9. The van der Waals surface area contributed by atoms with Crippen molar-refractivity contribution in [1.82, 2.24) is 4.31 Å². The van der Waals surface area contributed by atoms with Gasteiger partial charge in [0.15, 0.2) is 0 Å². The second-order valence-electron chi connectivity index (χ2n) is 6.41. The molecule has 1 fully saturated rings. The summed E-state index contributed by atoms with van der Waals surface area (Å²) >= 11 is 0. The van der Waals surface area contributed by atoms with E-state index in [1.807, 2.05) is 6.92 Å². The van der Waals surface area contributed by atoms with E-state index in [-0.39, 0.29) is 17.1 Å². The Morgan fingerprint density at radius 3 is 2.04 bits per heavy atom. The molecule has 1 saturated heterocycles. The van der Waals surface area contributed by atoms with Crippen molar-refractivity contribution in [2.75, 3.05) is 6.54 Å². The lowest BCUT2D eigenvalue weighted by Crippen LogP contribution is -2.65. The first-order chi connectivity index (χ1) is 12.6. The molecule has 1 aliphatic heterocycles. The lowest BCUT2D eigenvalue weighted by Gasteiger charge is -2.35. The molecule has 0 spiro atoms. The summed E-state index contributed by atoms with van der Waals surface area (Å²) in [5, 5.41) is -6.67. The first-order valence-corrected chi connectivity index (χ1v) is 9.88. The average molecular weight is 449 g/mol. The van der Waals surface area contributed by atoms with E-state index in [9.17, 15) is 47.9 Å². The summed E-state index contributed by atoms with van der Waals surface area (Å²) in [5.74, 6) is -14.4. The van der Waals surface area contributed by atoms with Gasteiger partial charge < -0.3 is 0 Å². The fourth-order valence-corrected chi connectivity index (χ4v) is 4.34. The third-order valence-electron chi connectivity index (χ3n) is 4.33. The highest BCUT2D eigenvalue weighted by Gasteiger charge is 2.86. The molecule has 0 aromatic rings. The van der Waals surface area contributed by atoms with Crippen molar-refractivity contribution in [3.8, 4) is 0 Å². The molecule has 0 amide bonds. The summed E-state index contributed by atoms with van der Waals surface area (Å²) in [6, 6.07) is -1.33. The zero-order valence-corrected chi connectivity index (χ0v) is 15.6. The minimum Gasteiger partial charge on any atom is -0.206 e. The van der Waals surface area contributed by atoms with Crippen LogP contribution in [-0.4, -0.2) is 48.6 Å². The van der Waals surface area contributed by atoms with E-state index < -0.39 is 45.9 Å². The van der Waals surface area contributed by atoms with Crippen LogP contribution >= 0.6 is 0 Å². The highest BCUT2D eigenvalue weighted by atomic mass is 32.2. The molecule has 0 N–H and O–H groups in total. The van der Waals surface area contributed by atoms with Crippen molar-refractivity contribution in [2.24, 2.45) is 0 Å². The van der Waals surface area contributed by atoms with Crippen molar-refractivity contribution < 1.29 is 47.9 Å². The number of hydrogen-bond acceptors (Lipinski definition) is 2. The molecule has 0 unspecified atom stereocenters. The summed E-state index contributed by atoms with van der Waals surface area (Å²) in [6.45, 7) is 1.21. The largest absolute Gasteiger partial charge is 0.460 e. The van der Waals surface area contributed by atoms with Gasteiger partial charge in [-0.3, -0.25) is 0 Å². The van der Waals surface area contributed by atoms with Crippen LogP contribution in [-0.2, 0) is 10.0 Å². The number of hydrogen-bond donors (Lipinski definition) is 0. The Morgan fingerprint density at radius 1 is 0.964 bits per heavy atom. The molecule has 1 heterocycles. The molecule has 3 nitrogen and oxygen atoms in total. The Hall–Kier alpha value is -0.980. The summed E-state index contributed by atoms with van der Waals surface area (Å²) in [4.78, 5) is 0. The molecule has 0 bridgehead atoms. The van der Waals surface area contributed by atoms with Crippen LogP contribution in [0.2, 0.25) is 0 Å². The van der Waals surface area contributed by atoms with Gasteiger partial charge >= 0.3 is 23.3 Å². The monoisotopic (exact) mass is 449 g/mol. The fourth-order valence-electron chi connectivity index (χ4n) is 2.69. The van der Waals surface area contributed by atoms with Crippen molar-refractivity contribution in [2.45, 2.75) is 74.8 Å². The lowest BCUT2D eigenvalue weighted by atomic mass is 10.1. The molecular weight excluding hydrogens is 429 g/mol. The smallest absolute Gasteiger partial charge is 0.206 e. The van der Waals surface area contributed by atoms with Crippen LogP contribution in [0, 0.1) is 0 Å². The summed E-state index contributed by atoms with van der Waals surface area (Å²) in [5.41, 5.74) is 0. The molecule has 1 rings (SSSR count). The molecule has 0 radical (unpaired) electrons. The predicted molar refractivity (Wildman–Crippen MR) is 82.8 cm³/mol. The van der Waals surface area contributed by atoms with E-state index >= 15 is 0 Å². The van der Waals surface area contributed by atoms with Gasteiger partial charge in [0, 0.05) is 12.6 Å². The zero-order valence-electron chi connectivity index (χ0n) is 14.8. The molecule has 0 saturated carbocycles.